The molecule has 0 bridgehead atoms. The van der Waals surface area contributed by atoms with Gasteiger partial charge in [0.1, 0.15) is 5.82 Å². The molecule has 3 nitrogen and oxygen atoms in total. The van der Waals surface area contributed by atoms with Gasteiger partial charge in [0, 0.05) is 11.9 Å². The molecule has 100 valence electrons. The molecule has 0 unspecified atom stereocenters. The summed E-state index contributed by atoms with van der Waals surface area (Å²) < 4.78 is 15.0. The van der Waals surface area contributed by atoms with Crippen molar-refractivity contribution in [3.8, 4) is 0 Å². The summed E-state index contributed by atoms with van der Waals surface area (Å²) in [7, 11) is 0. The standard InChI is InChI=1S/C15H18FN3/c16-12-5-7-13(8-6-12)17-11-15-9-10-18-19(15)14-3-1-2-4-14/h5-10,14,17H,1-4,11H2. The van der Waals surface area contributed by atoms with Gasteiger partial charge in [-0.1, -0.05) is 12.8 Å². The Bertz CT molecular complexity index is 527. The molecule has 3 rings (SSSR count). The normalized spacial score (nSPS) is 15.8. The smallest absolute Gasteiger partial charge is 0.123 e. The zero-order chi connectivity index (χ0) is 13.1. The van der Waals surface area contributed by atoms with Gasteiger partial charge in [-0.2, -0.15) is 5.10 Å². The molecule has 1 N–H and O–H groups in total. The summed E-state index contributed by atoms with van der Waals surface area (Å²) in [5.41, 5.74) is 2.12. The van der Waals surface area contributed by atoms with E-state index in [1.54, 1.807) is 12.1 Å². The molecule has 0 saturated heterocycles. The second-order valence-electron chi connectivity index (χ2n) is 5.07. The van der Waals surface area contributed by atoms with Gasteiger partial charge < -0.3 is 5.32 Å². The van der Waals surface area contributed by atoms with Gasteiger partial charge in [-0.15, -0.1) is 0 Å². The molecule has 0 aliphatic heterocycles. The summed E-state index contributed by atoms with van der Waals surface area (Å²) in [6.45, 7) is 0.724. The van der Waals surface area contributed by atoms with Crippen LogP contribution in [0.4, 0.5) is 10.1 Å². The third-order valence-electron chi connectivity index (χ3n) is 3.74. The molecule has 19 heavy (non-hydrogen) atoms. The minimum Gasteiger partial charge on any atom is -0.379 e. The Morgan fingerprint density at radius 2 is 1.89 bits per heavy atom. The zero-order valence-electron chi connectivity index (χ0n) is 10.8. The van der Waals surface area contributed by atoms with Crippen molar-refractivity contribution in [3.63, 3.8) is 0 Å². The van der Waals surface area contributed by atoms with E-state index < -0.39 is 0 Å². The number of anilines is 1. The highest BCUT2D eigenvalue weighted by Crippen LogP contribution is 2.29. The Morgan fingerprint density at radius 1 is 1.16 bits per heavy atom. The topological polar surface area (TPSA) is 29.9 Å². The number of hydrogen-bond donors (Lipinski definition) is 1. The fourth-order valence-corrected chi connectivity index (χ4v) is 2.72. The SMILES string of the molecule is Fc1ccc(NCc2ccnn2C2CCCC2)cc1. The molecule has 1 aromatic carbocycles. The van der Waals surface area contributed by atoms with Crippen LogP contribution >= 0.6 is 0 Å². The van der Waals surface area contributed by atoms with Gasteiger partial charge in [0.05, 0.1) is 18.3 Å². The lowest BCUT2D eigenvalue weighted by Crippen LogP contribution is -2.13. The van der Waals surface area contributed by atoms with E-state index in [-0.39, 0.29) is 5.82 Å². The van der Waals surface area contributed by atoms with Gasteiger partial charge in [0.25, 0.3) is 0 Å². The lowest BCUT2D eigenvalue weighted by Gasteiger charge is -2.15. The third-order valence-corrected chi connectivity index (χ3v) is 3.74. The first-order valence-electron chi connectivity index (χ1n) is 6.85. The Kier molecular flexibility index (Phi) is 3.49. The Hall–Kier alpha value is -1.84. The monoisotopic (exact) mass is 259 g/mol. The fraction of sp³-hybridized carbons (Fsp3) is 0.400. The van der Waals surface area contributed by atoms with Crippen molar-refractivity contribution in [2.75, 3.05) is 5.32 Å². The van der Waals surface area contributed by atoms with Gasteiger partial charge in [0.2, 0.25) is 0 Å². The van der Waals surface area contributed by atoms with E-state index in [0.717, 1.165) is 12.2 Å². The van der Waals surface area contributed by atoms with Crippen molar-refractivity contribution in [3.05, 3.63) is 48.0 Å². The van der Waals surface area contributed by atoms with Crippen molar-refractivity contribution in [2.45, 2.75) is 38.3 Å². The Labute approximate surface area is 112 Å². The van der Waals surface area contributed by atoms with Crippen molar-refractivity contribution in [1.29, 1.82) is 0 Å². The number of rotatable bonds is 4. The zero-order valence-corrected chi connectivity index (χ0v) is 10.8. The van der Waals surface area contributed by atoms with Crippen LogP contribution in [-0.4, -0.2) is 9.78 Å². The second-order valence-corrected chi connectivity index (χ2v) is 5.07. The van der Waals surface area contributed by atoms with Crippen LogP contribution < -0.4 is 5.32 Å². The maximum Gasteiger partial charge on any atom is 0.123 e. The average molecular weight is 259 g/mol. The van der Waals surface area contributed by atoms with Crippen LogP contribution in [0, 0.1) is 5.82 Å². The van der Waals surface area contributed by atoms with Crippen molar-refractivity contribution in [2.24, 2.45) is 0 Å². The van der Waals surface area contributed by atoms with Crippen LogP contribution in [0.15, 0.2) is 36.5 Å². The summed E-state index contributed by atoms with van der Waals surface area (Å²) in [4.78, 5) is 0. The fourth-order valence-electron chi connectivity index (χ4n) is 2.72. The lowest BCUT2D eigenvalue weighted by molar-refractivity contribution is 0.452. The summed E-state index contributed by atoms with van der Waals surface area (Å²) in [5.74, 6) is -0.207. The number of halogens is 1. The van der Waals surface area contributed by atoms with Crippen LogP contribution in [0.25, 0.3) is 0 Å². The van der Waals surface area contributed by atoms with Crippen molar-refractivity contribution >= 4 is 5.69 Å². The molecule has 1 heterocycles. The minimum atomic E-state index is -0.207. The summed E-state index contributed by atoms with van der Waals surface area (Å²) in [5, 5.41) is 7.75. The Balaban J connectivity index is 1.66. The summed E-state index contributed by atoms with van der Waals surface area (Å²) in [6.07, 6.45) is 6.92. The quantitative estimate of drug-likeness (QED) is 0.906. The van der Waals surface area contributed by atoms with Gasteiger partial charge in [-0.25, -0.2) is 4.39 Å². The molecule has 2 aromatic rings. The van der Waals surface area contributed by atoms with E-state index in [2.05, 4.69) is 21.2 Å². The maximum absolute atomic E-state index is 12.8. The summed E-state index contributed by atoms with van der Waals surface area (Å²) in [6, 6.07) is 9.05. The van der Waals surface area contributed by atoms with Gasteiger partial charge in [-0.3, -0.25) is 4.68 Å². The molecule has 1 saturated carbocycles. The van der Waals surface area contributed by atoms with Gasteiger partial charge in [0.15, 0.2) is 0 Å². The second kappa shape index (κ2) is 5.43. The largest absolute Gasteiger partial charge is 0.379 e. The molecule has 0 spiro atoms. The highest BCUT2D eigenvalue weighted by Gasteiger charge is 2.19. The Morgan fingerprint density at radius 3 is 2.63 bits per heavy atom. The highest BCUT2D eigenvalue weighted by molar-refractivity contribution is 5.43. The van der Waals surface area contributed by atoms with E-state index in [9.17, 15) is 4.39 Å². The molecule has 1 fully saturated rings. The lowest BCUT2D eigenvalue weighted by atomic mass is 10.2. The first-order valence-corrected chi connectivity index (χ1v) is 6.85. The molecule has 4 heteroatoms. The van der Waals surface area contributed by atoms with Crippen LogP contribution in [-0.2, 0) is 6.54 Å². The molecule has 1 aliphatic carbocycles. The predicted octanol–water partition coefficient (Wildman–Crippen LogP) is 3.75. The molecule has 0 atom stereocenters. The third kappa shape index (κ3) is 2.78. The first-order chi connectivity index (χ1) is 9.33. The molecule has 1 aliphatic rings. The molecule has 0 radical (unpaired) electrons. The van der Waals surface area contributed by atoms with E-state index in [4.69, 9.17) is 0 Å². The first kappa shape index (κ1) is 12.2. The van der Waals surface area contributed by atoms with E-state index in [0.29, 0.717) is 6.04 Å². The van der Waals surface area contributed by atoms with Crippen LogP contribution in [0.3, 0.4) is 0 Å². The number of nitrogens with one attached hydrogen (secondary N) is 1. The van der Waals surface area contributed by atoms with Crippen molar-refractivity contribution < 1.29 is 4.39 Å². The number of aromatic nitrogens is 2. The van der Waals surface area contributed by atoms with Crippen LogP contribution in [0.2, 0.25) is 0 Å². The van der Waals surface area contributed by atoms with Crippen molar-refractivity contribution in [1.82, 2.24) is 9.78 Å². The molecule has 1 aromatic heterocycles. The van der Waals surface area contributed by atoms with Crippen LogP contribution in [0.1, 0.15) is 37.4 Å². The number of nitrogens with zero attached hydrogens (tertiary/aromatic N) is 2. The van der Waals surface area contributed by atoms with Crippen LogP contribution in [0.5, 0.6) is 0 Å². The highest BCUT2D eigenvalue weighted by atomic mass is 19.1. The number of hydrogen-bond acceptors (Lipinski definition) is 2. The van der Waals surface area contributed by atoms with Gasteiger partial charge >= 0.3 is 0 Å². The minimum absolute atomic E-state index is 0.207. The predicted molar refractivity (Wildman–Crippen MR) is 73.5 cm³/mol. The molecule has 0 amide bonds. The van der Waals surface area contributed by atoms with Gasteiger partial charge in [-0.05, 0) is 43.2 Å². The van der Waals surface area contributed by atoms with E-state index in [1.165, 1.54) is 43.5 Å². The average Bonchev–Trinajstić information content (AvgIpc) is 3.08. The molecular formula is C15H18FN3. The summed E-state index contributed by atoms with van der Waals surface area (Å²) >= 11 is 0. The van der Waals surface area contributed by atoms with E-state index in [1.807, 2.05) is 6.20 Å². The molecular weight excluding hydrogens is 241 g/mol. The maximum atomic E-state index is 12.8. The number of benzene rings is 1. The van der Waals surface area contributed by atoms with E-state index >= 15 is 0 Å².